The Morgan fingerprint density at radius 3 is 2.30 bits per heavy atom. The van der Waals surface area contributed by atoms with Gasteiger partial charge in [-0.2, -0.15) is 0 Å². The standard InChI is InChI=1S/C18H22N4O4S/c1-4-19-18(24)21-15-7-5-6-14(11-15)20-17(23)13-9-8-12(2)16(10-13)22-27(3,25)26/h5-11,22H,4H2,1-3H3,(H,20,23)(H2,19,21,24). The number of carbonyl (C=O) groups excluding carboxylic acids is 2. The van der Waals surface area contributed by atoms with E-state index in [4.69, 9.17) is 0 Å². The van der Waals surface area contributed by atoms with Gasteiger partial charge in [-0.15, -0.1) is 0 Å². The van der Waals surface area contributed by atoms with Crippen molar-refractivity contribution in [1.29, 1.82) is 0 Å². The van der Waals surface area contributed by atoms with E-state index in [9.17, 15) is 18.0 Å². The molecular formula is C18H22N4O4S. The summed E-state index contributed by atoms with van der Waals surface area (Å²) in [4.78, 5) is 24.1. The van der Waals surface area contributed by atoms with Gasteiger partial charge >= 0.3 is 6.03 Å². The van der Waals surface area contributed by atoms with Crippen LogP contribution >= 0.6 is 0 Å². The molecule has 2 aromatic carbocycles. The van der Waals surface area contributed by atoms with Crippen molar-refractivity contribution in [1.82, 2.24) is 5.32 Å². The summed E-state index contributed by atoms with van der Waals surface area (Å²) < 4.78 is 25.3. The summed E-state index contributed by atoms with van der Waals surface area (Å²) in [6, 6.07) is 11.1. The van der Waals surface area contributed by atoms with E-state index in [1.54, 1.807) is 43.3 Å². The topological polar surface area (TPSA) is 116 Å². The van der Waals surface area contributed by atoms with Crippen LogP contribution < -0.4 is 20.7 Å². The van der Waals surface area contributed by atoms with E-state index in [1.165, 1.54) is 6.07 Å². The molecule has 0 unspecified atom stereocenters. The molecule has 0 saturated heterocycles. The predicted octanol–water partition coefficient (Wildman–Crippen LogP) is 2.76. The largest absolute Gasteiger partial charge is 0.338 e. The summed E-state index contributed by atoms with van der Waals surface area (Å²) in [5, 5.41) is 8.00. The molecule has 9 heteroatoms. The molecule has 0 aliphatic rings. The van der Waals surface area contributed by atoms with Crippen LogP contribution in [-0.4, -0.2) is 33.2 Å². The number of benzene rings is 2. The number of hydrogen-bond acceptors (Lipinski definition) is 4. The van der Waals surface area contributed by atoms with Crippen molar-refractivity contribution in [2.75, 3.05) is 28.2 Å². The summed E-state index contributed by atoms with van der Waals surface area (Å²) in [6.45, 7) is 4.05. The van der Waals surface area contributed by atoms with Crippen molar-refractivity contribution in [3.63, 3.8) is 0 Å². The second-order valence-corrected chi connectivity index (χ2v) is 7.67. The van der Waals surface area contributed by atoms with E-state index in [0.717, 1.165) is 6.26 Å². The first-order chi connectivity index (χ1) is 12.7. The van der Waals surface area contributed by atoms with Gasteiger partial charge in [0.2, 0.25) is 10.0 Å². The number of aryl methyl sites for hydroxylation is 1. The number of amides is 3. The first kappa shape index (κ1) is 20.2. The maximum Gasteiger partial charge on any atom is 0.319 e. The van der Waals surface area contributed by atoms with E-state index in [2.05, 4.69) is 20.7 Å². The minimum Gasteiger partial charge on any atom is -0.338 e. The van der Waals surface area contributed by atoms with Gasteiger partial charge in [-0.25, -0.2) is 13.2 Å². The van der Waals surface area contributed by atoms with Crippen molar-refractivity contribution in [2.24, 2.45) is 0 Å². The smallest absolute Gasteiger partial charge is 0.319 e. The Bertz CT molecular complexity index is 958. The highest BCUT2D eigenvalue weighted by molar-refractivity contribution is 7.92. The van der Waals surface area contributed by atoms with Crippen LogP contribution in [-0.2, 0) is 10.0 Å². The lowest BCUT2D eigenvalue weighted by molar-refractivity contribution is 0.102. The number of sulfonamides is 1. The quantitative estimate of drug-likeness (QED) is 0.607. The van der Waals surface area contributed by atoms with Crippen LogP contribution in [0.4, 0.5) is 21.9 Å². The number of rotatable bonds is 6. The first-order valence-electron chi connectivity index (χ1n) is 8.22. The van der Waals surface area contributed by atoms with Crippen LogP contribution in [0.3, 0.4) is 0 Å². The molecule has 0 fully saturated rings. The van der Waals surface area contributed by atoms with Gasteiger partial charge in [-0.3, -0.25) is 9.52 Å². The first-order valence-corrected chi connectivity index (χ1v) is 10.1. The van der Waals surface area contributed by atoms with Crippen LogP contribution in [0.5, 0.6) is 0 Å². The fraction of sp³-hybridized carbons (Fsp3) is 0.222. The number of urea groups is 1. The number of hydrogen-bond donors (Lipinski definition) is 4. The molecule has 27 heavy (non-hydrogen) atoms. The van der Waals surface area contributed by atoms with Gasteiger partial charge in [0.25, 0.3) is 5.91 Å². The lowest BCUT2D eigenvalue weighted by Gasteiger charge is -2.11. The maximum atomic E-state index is 12.5. The van der Waals surface area contributed by atoms with E-state index in [1.807, 2.05) is 6.92 Å². The average molecular weight is 390 g/mol. The third-order valence-corrected chi connectivity index (χ3v) is 4.10. The van der Waals surface area contributed by atoms with Crippen molar-refractivity contribution >= 4 is 39.0 Å². The number of anilines is 3. The minimum absolute atomic E-state index is 0.300. The van der Waals surface area contributed by atoms with Gasteiger partial charge in [-0.1, -0.05) is 12.1 Å². The third-order valence-electron chi connectivity index (χ3n) is 3.51. The molecule has 0 heterocycles. The van der Waals surface area contributed by atoms with Crippen LogP contribution in [0.1, 0.15) is 22.8 Å². The molecule has 0 radical (unpaired) electrons. The lowest BCUT2D eigenvalue weighted by atomic mass is 10.1. The zero-order valence-corrected chi connectivity index (χ0v) is 16.1. The number of carbonyl (C=O) groups is 2. The molecule has 8 nitrogen and oxygen atoms in total. The van der Waals surface area contributed by atoms with E-state index in [-0.39, 0.29) is 6.03 Å². The van der Waals surface area contributed by atoms with Crippen LogP contribution in [0, 0.1) is 6.92 Å². The van der Waals surface area contributed by atoms with Crippen molar-refractivity contribution in [3.8, 4) is 0 Å². The van der Waals surface area contributed by atoms with Crippen molar-refractivity contribution < 1.29 is 18.0 Å². The minimum atomic E-state index is -3.45. The molecular weight excluding hydrogens is 368 g/mol. The monoisotopic (exact) mass is 390 g/mol. The Morgan fingerprint density at radius 1 is 1.00 bits per heavy atom. The molecule has 0 atom stereocenters. The molecule has 2 rings (SSSR count). The lowest BCUT2D eigenvalue weighted by Crippen LogP contribution is -2.28. The molecule has 0 spiro atoms. The molecule has 4 N–H and O–H groups in total. The van der Waals surface area contributed by atoms with Gasteiger partial charge < -0.3 is 16.0 Å². The highest BCUT2D eigenvalue weighted by Gasteiger charge is 2.11. The summed E-state index contributed by atoms with van der Waals surface area (Å²) in [5.74, 6) is -0.401. The maximum absolute atomic E-state index is 12.5. The molecule has 144 valence electrons. The van der Waals surface area contributed by atoms with Crippen LogP contribution in [0.2, 0.25) is 0 Å². The Kier molecular flexibility index (Phi) is 6.40. The molecule has 0 aromatic heterocycles. The Morgan fingerprint density at radius 2 is 1.67 bits per heavy atom. The predicted molar refractivity (Wildman–Crippen MR) is 107 cm³/mol. The van der Waals surface area contributed by atoms with Gasteiger partial charge in [0.05, 0.1) is 11.9 Å². The molecule has 0 saturated carbocycles. The second-order valence-electron chi connectivity index (χ2n) is 5.92. The summed E-state index contributed by atoms with van der Waals surface area (Å²) >= 11 is 0. The van der Waals surface area contributed by atoms with Crippen LogP contribution in [0.25, 0.3) is 0 Å². The molecule has 3 amide bonds. The molecule has 2 aromatic rings. The second kappa shape index (κ2) is 8.54. The normalized spacial score (nSPS) is 10.8. The van der Waals surface area contributed by atoms with Gasteiger partial charge in [0, 0.05) is 23.5 Å². The Labute approximate surface area is 158 Å². The zero-order chi connectivity index (χ0) is 20.0. The van der Waals surface area contributed by atoms with E-state index >= 15 is 0 Å². The Hall–Kier alpha value is -3.07. The molecule has 0 aliphatic heterocycles. The van der Waals surface area contributed by atoms with Gasteiger partial charge in [0.1, 0.15) is 0 Å². The zero-order valence-electron chi connectivity index (χ0n) is 15.3. The Balaban J connectivity index is 2.15. The van der Waals surface area contributed by atoms with Crippen LogP contribution in [0.15, 0.2) is 42.5 Å². The van der Waals surface area contributed by atoms with Gasteiger partial charge in [-0.05, 0) is 49.7 Å². The van der Waals surface area contributed by atoms with E-state index in [0.29, 0.717) is 34.7 Å². The fourth-order valence-electron chi connectivity index (χ4n) is 2.29. The van der Waals surface area contributed by atoms with Gasteiger partial charge in [0.15, 0.2) is 0 Å². The highest BCUT2D eigenvalue weighted by atomic mass is 32.2. The summed E-state index contributed by atoms with van der Waals surface area (Å²) in [7, 11) is -3.45. The SMILES string of the molecule is CCNC(=O)Nc1cccc(NC(=O)c2ccc(C)c(NS(C)(=O)=O)c2)c1. The summed E-state index contributed by atoms with van der Waals surface area (Å²) in [5.41, 5.74) is 2.37. The van der Waals surface area contributed by atoms with Crippen molar-refractivity contribution in [2.45, 2.75) is 13.8 Å². The average Bonchev–Trinajstić information content (AvgIpc) is 2.56. The highest BCUT2D eigenvalue weighted by Crippen LogP contribution is 2.20. The number of nitrogens with one attached hydrogen (secondary N) is 4. The molecule has 0 bridgehead atoms. The van der Waals surface area contributed by atoms with E-state index < -0.39 is 15.9 Å². The third kappa shape index (κ3) is 6.30. The molecule has 0 aliphatic carbocycles. The summed E-state index contributed by atoms with van der Waals surface area (Å²) in [6.07, 6.45) is 1.05. The fourth-order valence-corrected chi connectivity index (χ4v) is 2.91. The van der Waals surface area contributed by atoms with Crippen molar-refractivity contribution in [3.05, 3.63) is 53.6 Å².